The summed E-state index contributed by atoms with van der Waals surface area (Å²) >= 11 is 0. The van der Waals surface area contributed by atoms with Crippen molar-refractivity contribution in [1.82, 2.24) is 34.8 Å². The topological polar surface area (TPSA) is 110 Å². The lowest BCUT2D eigenvalue weighted by Gasteiger charge is -2.26. The highest BCUT2D eigenvalue weighted by Gasteiger charge is 2.38. The molecule has 0 aliphatic carbocycles. The Kier molecular flexibility index (Phi) is 7.79. The van der Waals surface area contributed by atoms with Crippen LogP contribution in [-0.4, -0.2) is 93.6 Å². The molecule has 1 amide bonds. The number of nitrogens with zero attached hydrogens (tertiary/aromatic N) is 7. The van der Waals surface area contributed by atoms with Gasteiger partial charge in [-0.1, -0.05) is 18.2 Å². The van der Waals surface area contributed by atoms with Gasteiger partial charge in [0.15, 0.2) is 0 Å². The average molecular weight is 525 g/mol. The highest BCUT2D eigenvalue weighted by Crippen LogP contribution is 2.27. The summed E-state index contributed by atoms with van der Waals surface area (Å²) in [5.74, 6) is -0.0563. The molecular weight excluding hydrogens is 491 g/mol. The minimum absolute atomic E-state index is 0.0791. The molecule has 12 heteroatoms. The monoisotopic (exact) mass is 524 g/mol. The van der Waals surface area contributed by atoms with E-state index in [0.717, 1.165) is 44.0 Å². The zero-order valence-electron chi connectivity index (χ0n) is 21.7. The second-order valence-corrected chi connectivity index (χ2v) is 10.1. The number of morpholine rings is 1. The van der Waals surface area contributed by atoms with Gasteiger partial charge in [0.2, 0.25) is 5.82 Å². The van der Waals surface area contributed by atoms with Crippen LogP contribution in [0.15, 0.2) is 36.7 Å². The number of aromatic nitrogens is 5. The summed E-state index contributed by atoms with van der Waals surface area (Å²) in [5.41, 5.74) is 1.43. The van der Waals surface area contributed by atoms with Gasteiger partial charge in [-0.25, -0.2) is 18.7 Å². The minimum atomic E-state index is -0.733. The van der Waals surface area contributed by atoms with Crippen molar-refractivity contribution in [2.75, 3.05) is 38.7 Å². The standard InChI is InChI=1S/C26H33FN8O3/c1-32(2)24-11-19(7-9-33-14-22-12-21(33)16-38-22)30-35(24)10-8-20(15-36)29-26(37)25-28-17-34(31-25)13-18-5-3-4-6-23(18)27/h3-6,11,15,17,20-22H,7-10,12-14,16H2,1-2H3,(H,29,37). The summed E-state index contributed by atoms with van der Waals surface area (Å²) in [4.78, 5) is 32.9. The molecule has 2 bridgehead atoms. The number of carbonyl (C=O) groups is 2. The van der Waals surface area contributed by atoms with E-state index in [9.17, 15) is 14.0 Å². The van der Waals surface area contributed by atoms with Crippen molar-refractivity contribution in [3.05, 3.63) is 59.6 Å². The molecule has 0 spiro atoms. The van der Waals surface area contributed by atoms with E-state index in [1.165, 1.54) is 17.1 Å². The number of aldehydes is 1. The molecule has 202 valence electrons. The molecule has 0 radical (unpaired) electrons. The average Bonchev–Trinajstić information content (AvgIpc) is 3.71. The molecule has 1 aromatic carbocycles. The van der Waals surface area contributed by atoms with Crippen molar-refractivity contribution in [3.8, 4) is 0 Å². The van der Waals surface area contributed by atoms with Gasteiger partial charge in [0.05, 0.1) is 31.0 Å². The Morgan fingerprint density at radius 1 is 1.29 bits per heavy atom. The number of carbonyl (C=O) groups excluding carboxylic acids is 2. The van der Waals surface area contributed by atoms with E-state index < -0.39 is 11.9 Å². The van der Waals surface area contributed by atoms with Crippen LogP contribution in [0, 0.1) is 5.82 Å². The van der Waals surface area contributed by atoms with Crippen molar-refractivity contribution in [3.63, 3.8) is 0 Å². The number of benzene rings is 1. The maximum Gasteiger partial charge on any atom is 0.291 e. The van der Waals surface area contributed by atoms with Gasteiger partial charge in [-0.05, 0) is 18.9 Å². The van der Waals surface area contributed by atoms with Gasteiger partial charge in [0.1, 0.15) is 24.2 Å². The van der Waals surface area contributed by atoms with E-state index in [0.29, 0.717) is 37.0 Å². The van der Waals surface area contributed by atoms with Crippen LogP contribution >= 0.6 is 0 Å². The third-order valence-electron chi connectivity index (χ3n) is 7.10. The first kappa shape index (κ1) is 26.0. The molecule has 2 aliphatic heterocycles. The van der Waals surface area contributed by atoms with Crippen LogP contribution in [0.2, 0.25) is 0 Å². The first-order valence-electron chi connectivity index (χ1n) is 12.9. The van der Waals surface area contributed by atoms with Gasteiger partial charge in [-0.2, -0.15) is 5.10 Å². The normalized spacial score (nSPS) is 19.6. The highest BCUT2D eigenvalue weighted by atomic mass is 19.1. The Bertz CT molecular complexity index is 1270. The van der Waals surface area contributed by atoms with Gasteiger partial charge >= 0.3 is 0 Å². The van der Waals surface area contributed by atoms with Crippen LogP contribution in [0.3, 0.4) is 0 Å². The summed E-state index contributed by atoms with van der Waals surface area (Å²) < 4.78 is 22.9. The second kappa shape index (κ2) is 11.4. The molecule has 2 aliphatic rings. The van der Waals surface area contributed by atoms with E-state index in [1.54, 1.807) is 18.2 Å². The van der Waals surface area contributed by atoms with Crippen molar-refractivity contribution in [2.45, 2.75) is 50.5 Å². The number of hydrogen-bond donors (Lipinski definition) is 1. The fourth-order valence-electron chi connectivity index (χ4n) is 5.06. The number of halogens is 1. The fourth-order valence-corrected chi connectivity index (χ4v) is 5.06. The van der Waals surface area contributed by atoms with E-state index in [1.807, 2.05) is 23.7 Å². The Hall–Kier alpha value is -3.64. The van der Waals surface area contributed by atoms with Gasteiger partial charge in [-0.3, -0.25) is 9.69 Å². The third-order valence-corrected chi connectivity index (χ3v) is 7.10. The third kappa shape index (κ3) is 5.91. The molecule has 2 fully saturated rings. The molecule has 3 atom stereocenters. The molecule has 4 heterocycles. The van der Waals surface area contributed by atoms with Crippen LogP contribution in [0.1, 0.15) is 34.7 Å². The minimum Gasteiger partial charge on any atom is -0.375 e. The van der Waals surface area contributed by atoms with E-state index in [2.05, 4.69) is 26.4 Å². The molecule has 2 saturated heterocycles. The number of hydrogen-bond acceptors (Lipinski definition) is 8. The van der Waals surface area contributed by atoms with Crippen LogP contribution in [0.5, 0.6) is 0 Å². The van der Waals surface area contributed by atoms with Crippen LogP contribution in [0.25, 0.3) is 0 Å². The van der Waals surface area contributed by atoms with Gasteiger partial charge in [-0.15, -0.1) is 5.10 Å². The number of amides is 1. The number of aryl methyl sites for hydroxylation is 1. The number of ether oxygens (including phenoxy) is 1. The smallest absolute Gasteiger partial charge is 0.291 e. The Labute approximate surface area is 220 Å². The summed E-state index contributed by atoms with van der Waals surface area (Å²) in [7, 11) is 3.91. The second-order valence-electron chi connectivity index (χ2n) is 10.1. The molecule has 2 aromatic heterocycles. The van der Waals surface area contributed by atoms with E-state index in [-0.39, 0.29) is 18.2 Å². The molecule has 1 N–H and O–H groups in total. The van der Waals surface area contributed by atoms with Crippen molar-refractivity contribution < 1.29 is 18.7 Å². The first-order chi connectivity index (χ1) is 18.4. The molecule has 11 nitrogen and oxygen atoms in total. The highest BCUT2D eigenvalue weighted by molar-refractivity contribution is 5.92. The number of rotatable bonds is 12. The number of likely N-dealkylation sites (tertiary alicyclic amines) is 1. The Morgan fingerprint density at radius 3 is 2.84 bits per heavy atom. The summed E-state index contributed by atoms with van der Waals surface area (Å²) in [5, 5.41) is 11.6. The van der Waals surface area contributed by atoms with Gasteiger partial charge in [0.25, 0.3) is 5.91 Å². The maximum atomic E-state index is 13.9. The fraction of sp³-hybridized carbons (Fsp3) is 0.500. The summed E-state index contributed by atoms with van der Waals surface area (Å²) in [6.07, 6.45) is 4.77. The predicted molar refractivity (Wildman–Crippen MR) is 137 cm³/mol. The van der Waals surface area contributed by atoms with E-state index in [4.69, 9.17) is 9.84 Å². The number of fused-ring (bicyclic) bond motifs is 2. The van der Waals surface area contributed by atoms with Crippen LogP contribution in [0.4, 0.5) is 10.2 Å². The van der Waals surface area contributed by atoms with E-state index >= 15 is 0 Å². The molecule has 3 unspecified atom stereocenters. The van der Waals surface area contributed by atoms with Crippen molar-refractivity contribution in [2.24, 2.45) is 0 Å². The quantitative estimate of drug-likeness (QED) is 0.351. The van der Waals surface area contributed by atoms with Crippen LogP contribution < -0.4 is 10.2 Å². The molecule has 0 saturated carbocycles. The number of anilines is 1. The lowest BCUT2D eigenvalue weighted by atomic mass is 10.2. The Balaban J connectivity index is 1.15. The zero-order valence-corrected chi connectivity index (χ0v) is 21.7. The van der Waals surface area contributed by atoms with Crippen molar-refractivity contribution >= 4 is 18.0 Å². The Morgan fingerprint density at radius 2 is 2.13 bits per heavy atom. The first-order valence-corrected chi connectivity index (χ1v) is 12.9. The molecule has 3 aromatic rings. The largest absolute Gasteiger partial charge is 0.375 e. The maximum absolute atomic E-state index is 13.9. The van der Waals surface area contributed by atoms with Crippen molar-refractivity contribution in [1.29, 1.82) is 0 Å². The van der Waals surface area contributed by atoms with Gasteiger partial charge in [0, 0.05) is 57.8 Å². The summed E-state index contributed by atoms with van der Waals surface area (Å²) in [6, 6.07) is 8.21. The van der Waals surface area contributed by atoms with Gasteiger partial charge < -0.3 is 19.7 Å². The predicted octanol–water partition coefficient (Wildman–Crippen LogP) is 1.13. The van der Waals surface area contributed by atoms with Crippen LogP contribution in [-0.2, 0) is 29.0 Å². The molecular formula is C26H33FN8O3. The lowest BCUT2D eigenvalue weighted by molar-refractivity contribution is -0.109. The molecule has 5 rings (SSSR count). The summed E-state index contributed by atoms with van der Waals surface area (Å²) in [6.45, 7) is 3.35. The number of nitrogens with one attached hydrogen (secondary N) is 1. The SMILES string of the molecule is CN(C)c1cc(CCN2CC3CC2CO3)nn1CCC(C=O)NC(=O)c1ncn(Cc2ccccc2F)n1. The zero-order chi connectivity index (χ0) is 26.6. The molecule has 38 heavy (non-hydrogen) atoms. The lowest BCUT2D eigenvalue weighted by Crippen LogP contribution is -2.38.